The maximum absolute atomic E-state index is 6.49. The molecule has 0 bridgehead atoms. The van der Waals surface area contributed by atoms with E-state index in [9.17, 15) is 0 Å². The predicted octanol–water partition coefficient (Wildman–Crippen LogP) is 3.48. The first kappa shape index (κ1) is 13.5. The van der Waals surface area contributed by atoms with E-state index in [-0.39, 0.29) is 6.04 Å². The summed E-state index contributed by atoms with van der Waals surface area (Å²) in [6.07, 6.45) is 3.52. The van der Waals surface area contributed by atoms with Gasteiger partial charge in [-0.25, -0.2) is 0 Å². The number of hydrogen-bond donors (Lipinski definition) is 1. The van der Waals surface area contributed by atoms with Crippen molar-refractivity contribution in [1.82, 2.24) is 5.32 Å². The Hall–Kier alpha value is -0.930. The topological polar surface area (TPSA) is 30.5 Å². The number of nitrogens with one attached hydrogen (secondary N) is 1. The minimum atomic E-state index is 0.260. The van der Waals surface area contributed by atoms with E-state index in [1.54, 1.807) is 14.2 Å². The molecule has 4 heteroatoms. The predicted molar refractivity (Wildman–Crippen MR) is 73.9 cm³/mol. The first-order valence-electron chi connectivity index (χ1n) is 6.33. The minimum Gasteiger partial charge on any atom is -0.496 e. The maximum atomic E-state index is 6.49. The van der Waals surface area contributed by atoms with Gasteiger partial charge in [0.25, 0.3) is 0 Å². The fourth-order valence-electron chi connectivity index (χ4n) is 2.59. The quantitative estimate of drug-likeness (QED) is 0.911. The fraction of sp³-hybridized carbons (Fsp3) is 0.571. The van der Waals surface area contributed by atoms with Crippen LogP contribution in [0.3, 0.4) is 0 Å². The summed E-state index contributed by atoms with van der Waals surface area (Å²) in [5, 5.41) is 4.18. The Morgan fingerprint density at radius 2 is 2.06 bits per heavy atom. The van der Waals surface area contributed by atoms with Crippen LogP contribution in [-0.2, 0) is 0 Å². The average molecular weight is 270 g/mol. The summed E-state index contributed by atoms with van der Waals surface area (Å²) in [6, 6.07) is 2.26. The third-order valence-electron chi connectivity index (χ3n) is 3.49. The minimum absolute atomic E-state index is 0.260. The van der Waals surface area contributed by atoms with Crippen LogP contribution in [0.1, 0.15) is 36.4 Å². The molecule has 0 amide bonds. The summed E-state index contributed by atoms with van der Waals surface area (Å²) in [6.45, 7) is 3.01. The number of methoxy groups -OCH3 is 2. The Kier molecular flexibility index (Phi) is 4.36. The summed E-state index contributed by atoms with van der Waals surface area (Å²) < 4.78 is 10.9. The standard InChI is InChI=1S/C14H20ClNO2/c1-9-8-11(17-2)12(13(15)14(9)18-3)10-6-4-5-7-16-10/h8,10,16H,4-7H2,1-3H3. The van der Waals surface area contributed by atoms with Gasteiger partial charge < -0.3 is 14.8 Å². The van der Waals surface area contributed by atoms with Crippen LogP contribution in [-0.4, -0.2) is 20.8 Å². The van der Waals surface area contributed by atoms with Gasteiger partial charge in [0.05, 0.1) is 19.2 Å². The molecular formula is C14H20ClNO2. The number of piperidine rings is 1. The zero-order chi connectivity index (χ0) is 13.1. The fourth-order valence-corrected chi connectivity index (χ4v) is 3.04. The zero-order valence-electron chi connectivity index (χ0n) is 11.2. The maximum Gasteiger partial charge on any atom is 0.140 e. The van der Waals surface area contributed by atoms with Gasteiger partial charge in [-0.2, -0.15) is 0 Å². The number of hydrogen-bond acceptors (Lipinski definition) is 3. The molecule has 0 aliphatic carbocycles. The van der Waals surface area contributed by atoms with Gasteiger partial charge in [-0.05, 0) is 37.9 Å². The van der Waals surface area contributed by atoms with Gasteiger partial charge in [0.15, 0.2) is 0 Å². The van der Waals surface area contributed by atoms with E-state index in [2.05, 4.69) is 5.32 Å². The highest BCUT2D eigenvalue weighted by atomic mass is 35.5. The number of benzene rings is 1. The normalized spacial score (nSPS) is 19.7. The molecule has 0 aromatic heterocycles. The van der Waals surface area contributed by atoms with Crippen LogP contribution in [0.5, 0.6) is 11.5 Å². The van der Waals surface area contributed by atoms with Gasteiger partial charge in [-0.1, -0.05) is 18.0 Å². The van der Waals surface area contributed by atoms with Crippen molar-refractivity contribution in [3.8, 4) is 11.5 Å². The van der Waals surface area contributed by atoms with E-state index in [1.165, 1.54) is 12.8 Å². The molecule has 1 saturated heterocycles. The lowest BCUT2D eigenvalue weighted by Gasteiger charge is -2.27. The highest BCUT2D eigenvalue weighted by molar-refractivity contribution is 6.33. The summed E-state index contributed by atoms with van der Waals surface area (Å²) in [5.74, 6) is 1.59. The van der Waals surface area contributed by atoms with E-state index in [0.29, 0.717) is 5.02 Å². The van der Waals surface area contributed by atoms with Crippen molar-refractivity contribution in [3.63, 3.8) is 0 Å². The average Bonchev–Trinajstić information content (AvgIpc) is 2.39. The Morgan fingerprint density at radius 3 is 2.61 bits per heavy atom. The summed E-state index contributed by atoms with van der Waals surface area (Å²) in [5.41, 5.74) is 2.03. The molecule has 1 aromatic rings. The SMILES string of the molecule is COc1cc(C)c(OC)c(Cl)c1C1CCCCN1. The first-order valence-corrected chi connectivity index (χ1v) is 6.71. The molecule has 1 aliphatic rings. The van der Waals surface area contributed by atoms with Crippen molar-refractivity contribution in [1.29, 1.82) is 0 Å². The molecule has 2 rings (SSSR count). The zero-order valence-corrected chi connectivity index (χ0v) is 11.9. The van der Waals surface area contributed by atoms with Crippen molar-refractivity contribution in [2.45, 2.75) is 32.2 Å². The Balaban J connectivity index is 2.48. The van der Waals surface area contributed by atoms with Crippen LogP contribution in [0, 0.1) is 6.92 Å². The summed E-state index contributed by atoms with van der Waals surface area (Å²) in [7, 11) is 3.34. The molecule has 1 atom stereocenters. The molecule has 1 unspecified atom stereocenters. The molecule has 0 radical (unpaired) electrons. The monoisotopic (exact) mass is 269 g/mol. The van der Waals surface area contributed by atoms with Crippen molar-refractivity contribution in [2.75, 3.05) is 20.8 Å². The van der Waals surface area contributed by atoms with Crippen molar-refractivity contribution in [2.24, 2.45) is 0 Å². The Morgan fingerprint density at radius 1 is 1.28 bits per heavy atom. The van der Waals surface area contributed by atoms with Crippen LogP contribution in [0.4, 0.5) is 0 Å². The second kappa shape index (κ2) is 5.81. The van der Waals surface area contributed by atoms with Gasteiger partial charge >= 0.3 is 0 Å². The van der Waals surface area contributed by atoms with Crippen LogP contribution in [0.25, 0.3) is 0 Å². The van der Waals surface area contributed by atoms with Crippen molar-refractivity contribution >= 4 is 11.6 Å². The third kappa shape index (κ3) is 2.43. The highest BCUT2D eigenvalue weighted by Gasteiger charge is 2.24. The first-order chi connectivity index (χ1) is 8.69. The van der Waals surface area contributed by atoms with Gasteiger partial charge in [0, 0.05) is 11.6 Å². The lowest BCUT2D eigenvalue weighted by Crippen LogP contribution is -2.27. The van der Waals surface area contributed by atoms with Gasteiger partial charge in [-0.3, -0.25) is 0 Å². The number of aryl methyl sites for hydroxylation is 1. The van der Waals surface area contributed by atoms with E-state index >= 15 is 0 Å². The molecule has 1 fully saturated rings. The summed E-state index contributed by atoms with van der Waals surface area (Å²) in [4.78, 5) is 0. The molecule has 1 heterocycles. The molecule has 1 N–H and O–H groups in total. The molecule has 100 valence electrons. The number of ether oxygens (including phenoxy) is 2. The lowest BCUT2D eigenvalue weighted by atomic mass is 9.95. The second-order valence-corrected chi connectivity index (χ2v) is 5.04. The second-order valence-electron chi connectivity index (χ2n) is 4.66. The Labute approximate surface area is 113 Å². The van der Waals surface area contributed by atoms with Crippen LogP contribution < -0.4 is 14.8 Å². The van der Waals surface area contributed by atoms with E-state index in [4.69, 9.17) is 21.1 Å². The van der Waals surface area contributed by atoms with Gasteiger partial charge in [-0.15, -0.1) is 0 Å². The third-order valence-corrected chi connectivity index (χ3v) is 3.87. The van der Waals surface area contributed by atoms with E-state index < -0.39 is 0 Å². The van der Waals surface area contributed by atoms with Crippen molar-refractivity contribution < 1.29 is 9.47 Å². The smallest absolute Gasteiger partial charge is 0.140 e. The Bertz CT molecular complexity index is 428. The van der Waals surface area contributed by atoms with E-state index in [1.807, 2.05) is 13.0 Å². The van der Waals surface area contributed by atoms with E-state index in [0.717, 1.165) is 35.6 Å². The largest absolute Gasteiger partial charge is 0.496 e. The highest BCUT2D eigenvalue weighted by Crippen LogP contribution is 2.43. The molecule has 18 heavy (non-hydrogen) atoms. The van der Waals surface area contributed by atoms with Crippen molar-refractivity contribution in [3.05, 3.63) is 22.2 Å². The molecule has 1 aromatic carbocycles. The summed E-state index contributed by atoms with van der Waals surface area (Å²) >= 11 is 6.49. The molecule has 3 nitrogen and oxygen atoms in total. The van der Waals surface area contributed by atoms with Crippen LogP contribution in [0.2, 0.25) is 5.02 Å². The van der Waals surface area contributed by atoms with Crippen LogP contribution >= 0.6 is 11.6 Å². The molecule has 1 aliphatic heterocycles. The molecule has 0 saturated carbocycles. The van der Waals surface area contributed by atoms with Gasteiger partial charge in [0.2, 0.25) is 0 Å². The lowest BCUT2D eigenvalue weighted by molar-refractivity contribution is 0.367. The van der Waals surface area contributed by atoms with Crippen LogP contribution in [0.15, 0.2) is 6.07 Å². The molecule has 0 spiro atoms. The van der Waals surface area contributed by atoms with Gasteiger partial charge in [0.1, 0.15) is 11.5 Å². The number of halogens is 1. The number of rotatable bonds is 3. The molecular weight excluding hydrogens is 250 g/mol.